The Hall–Kier alpha value is -1.85. The van der Waals surface area contributed by atoms with E-state index in [2.05, 4.69) is 0 Å². The lowest BCUT2D eigenvalue weighted by Crippen LogP contribution is -2.05. The average Bonchev–Trinajstić information content (AvgIpc) is 2.31. The maximum absolute atomic E-state index is 11.3. The molecule has 0 saturated carbocycles. The van der Waals surface area contributed by atoms with Crippen LogP contribution in [-0.4, -0.2) is 13.0 Å². The molecule has 0 heterocycles. The largest absolute Gasteiger partial charge is 0.399 e. The van der Waals surface area contributed by atoms with E-state index >= 15 is 0 Å². The van der Waals surface area contributed by atoms with Crippen molar-refractivity contribution in [3.63, 3.8) is 0 Å². The molecule has 94 valence electrons. The lowest BCUT2D eigenvalue weighted by molar-refractivity contribution is 0.482. The van der Waals surface area contributed by atoms with Gasteiger partial charge in [-0.25, -0.2) is 0 Å². The van der Waals surface area contributed by atoms with E-state index in [0.717, 1.165) is 5.56 Å². The summed E-state index contributed by atoms with van der Waals surface area (Å²) < 4.78 is 31.8. The molecule has 18 heavy (non-hydrogen) atoms. The number of benzene rings is 2. The van der Waals surface area contributed by atoms with Gasteiger partial charge in [-0.2, -0.15) is 8.42 Å². The third-order valence-corrected chi connectivity index (χ3v) is 3.54. The molecule has 0 atom stereocenters. The zero-order valence-electron chi connectivity index (χ0n) is 9.58. The highest BCUT2D eigenvalue weighted by Crippen LogP contribution is 2.21. The number of nitrogen functional groups attached to an aromatic ring is 1. The van der Waals surface area contributed by atoms with Crippen molar-refractivity contribution in [1.29, 1.82) is 0 Å². The summed E-state index contributed by atoms with van der Waals surface area (Å²) in [5.74, 6) is 0. The number of hydrogen-bond donors (Lipinski definition) is 2. The van der Waals surface area contributed by atoms with Crippen LogP contribution in [0.3, 0.4) is 0 Å². The Labute approximate surface area is 106 Å². The van der Waals surface area contributed by atoms with Gasteiger partial charge in [-0.1, -0.05) is 36.4 Å². The minimum atomic E-state index is -4.26. The van der Waals surface area contributed by atoms with Crippen LogP contribution in [0.1, 0.15) is 11.1 Å². The molecule has 0 aliphatic heterocycles. The molecule has 2 aromatic rings. The van der Waals surface area contributed by atoms with Crippen LogP contribution in [0.25, 0.3) is 0 Å². The second-order valence-electron chi connectivity index (χ2n) is 4.00. The van der Waals surface area contributed by atoms with Crippen molar-refractivity contribution in [2.75, 3.05) is 5.73 Å². The molecular formula is C13H13NO3S. The Kier molecular flexibility index (Phi) is 3.36. The highest BCUT2D eigenvalue weighted by atomic mass is 32.2. The van der Waals surface area contributed by atoms with Crippen molar-refractivity contribution in [2.45, 2.75) is 11.3 Å². The fourth-order valence-electron chi connectivity index (χ4n) is 1.77. The molecule has 2 rings (SSSR count). The van der Waals surface area contributed by atoms with Gasteiger partial charge in [0.05, 0.1) is 4.90 Å². The molecule has 0 aromatic heterocycles. The van der Waals surface area contributed by atoms with E-state index in [9.17, 15) is 13.0 Å². The first-order valence-corrected chi connectivity index (χ1v) is 6.80. The van der Waals surface area contributed by atoms with E-state index in [0.29, 0.717) is 17.7 Å². The van der Waals surface area contributed by atoms with Gasteiger partial charge in [0, 0.05) is 5.69 Å². The van der Waals surface area contributed by atoms with Crippen LogP contribution in [-0.2, 0) is 16.5 Å². The minimum Gasteiger partial charge on any atom is -0.399 e. The molecule has 0 radical (unpaired) electrons. The van der Waals surface area contributed by atoms with Gasteiger partial charge in [0.1, 0.15) is 0 Å². The first-order chi connectivity index (χ1) is 8.47. The molecule has 0 aliphatic carbocycles. The van der Waals surface area contributed by atoms with Crippen LogP contribution in [0.15, 0.2) is 53.4 Å². The maximum Gasteiger partial charge on any atom is 0.294 e. The molecule has 0 aliphatic rings. The quantitative estimate of drug-likeness (QED) is 0.656. The van der Waals surface area contributed by atoms with Crippen LogP contribution >= 0.6 is 0 Å². The molecule has 4 nitrogen and oxygen atoms in total. The van der Waals surface area contributed by atoms with Crippen LogP contribution in [0.4, 0.5) is 5.69 Å². The van der Waals surface area contributed by atoms with Gasteiger partial charge >= 0.3 is 0 Å². The Bertz CT molecular complexity index is 651. The summed E-state index contributed by atoms with van der Waals surface area (Å²) in [6.07, 6.45) is 0.427. The highest BCUT2D eigenvalue weighted by molar-refractivity contribution is 7.85. The van der Waals surface area contributed by atoms with E-state index in [-0.39, 0.29) is 4.90 Å². The predicted octanol–water partition coefficient (Wildman–Crippen LogP) is 2.11. The molecule has 5 heteroatoms. The van der Waals surface area contributed by atoms with Crippen LogP contribution in [0, 0.1) is 0 Å². The second-order valence-corrected chi connectivity index (χ2v) is 5.39. The third kappa shape index (κ3) is 2.88. The van der Waals surface area contributed by atoms with E-state index in [1.54, 1.807) is 12.1 Å². The second kappa shape index (κ2) is 4.80. The molecule has 0 unspecified atom stereocenters. The van der Waals surface area contributed by atoms with E-state index in [1.807, 2.05) is 30.3 Å². The number of hydrogen-bond acceptors (Lipinski definition) is 3. The zero-order chi connectivity index (χ0) is 13.2. The fourth-order valence-corrected chi connectivity index (χ4v) is 2.53. The molecular weight excluding hydrogens is 250 g/mol. The maximum atomic E-state index is 11.3. The summed E-state index contributed by atoms with van der Waals surface area (Å²) in [6.45, 7) is 0. The molecule has 0 fully saturated rings. The van der Waals surface area contributed by atoms with Gasteiger partial charge in [0.15, 0.2) is 0 Å². The Morgan fingerprint density at radius 1 is 1.06 bits per heavy atom. The normalized spacial score (nSPS) is 11.4. The summed E-state index contributed by atoms with van der Waals surface area (Å²) in [5, 5.41) is 0. The lowest BCUT2D eigenvalue weighted by Gasteiger charge is -2.08. The fraction of sp³-hybridized carbons (Fsp3) is 0.0769. The van der Waals surface area contributed by atoms with Crippen molar-refractivity contribution in [3.05, 3.63) is 59.7 Å². The first-order valence-electron chi connectivity index (χ1n) is 5.36. The number of rotatable bonds is 3. The summed E-state index contributed by atoms with van der Waals surface area (Å²) in [7, 11) is -4.26. The summed E-state index contributed by atoms with van der Waals surface area (Å²) in [5.41, 5.74) is 7.34. The Morgan fingerprint density at radius 3 is 2.33 bits per heavy atom. The molecule has 0 bridgehead atoms. The number of anilines is 1. The van der Waals surface area contributed by atoms with Crippen molar-refractivity contribution < 1.29 is 13.0 Å². The van der Waals surface area contributed by atoms with Gasteiger partial charge in [0.2, 0.25) is 0 Å². The van der Waals surface area contributed by atoms with Crippen molar-refractivity contribution in [1.82, 2.24) is 0 Å². The zero-order valence-corrected chi connectivity index (χ0v) is 10.4. The lowest BCUT2D eigenvalue weighted by atomic mass is 10.0. The summed E-state index contributed by atoms with van der Waals surface area (Å²) in [4.78, 5) is -0.133. The van der Waals surface area contributed by atoms with Gasteiger partial charge in [-0.3, -0.25) is 4.55 Å². The third-order valence-electron chi connectivity index (χ3n) is 2.61. The molecule has 0 saturated heterocycles. The smallest absolute Gasteiger partial charge is 0.294 e. The van der Waals surface area contributed by atoms with Gasteiger partial charge in [-0.05, 0) is 29.7 Å². The monoisotopic (exact) mass is 263 g/mol. The molecule has 2 aromatic carbocycles. The van der Waals surface area contributed by atoms with Crippen LogP contribution in [0.5, 0.6) is 0 Å². The predicted molar refractivity (Wildman–Crippen MR) is 69.9 cm³/mol. The highest BCUT2D eigenvalue weighted by Gasteiger charge is 2.15. The van der Waals surface area contributed by atoms with Gasteiger partial charge < -0.3 is 5.73 Å². The van der Waals surface area contributed by atoms with Crippen molar-refractivity contribution >= 4 is 15.8 Å². The standard InChI is InChI=1S/C13H13NO3S/c14-12-7-6-11(13(9-12)18(15,16)17)8-10-4-2-1-3-5-10/h1-7,9H,8,14H2,(H,15,16,17). The first kappa shape index (κ1) is 12.6. The topological polar surface area (TPSA) is 80.4 Å². The van der Waals surface area contributed by atoms with Crippen molar-refractivity contribution in [2.24, 2.45) is 0 Å². The average molecular weight is 263 g/mol. The minimum absolute atomic E-state index is 0.133. The Balaban J connectivity index is 2.46. The SMILES string of the molecule is Nc1ccc(Cc2ccccc2)c(S(=O)(=O)O)c1. The van der Waals surface area contributed by atoms with Crippen LogP contribution in [0.2, 0.25) is 0 Å². The van der Waals surface area contributed by atoms with E-state index in [1.165, 1.54) is 6.07 Å². The van der Waals surface area contributed by atoms with E-state index in [4.69, 9.17) is 5.73 Å². The number of nitrogens with two attached hydrogens (primary N) is 1. The summed E-state index contributed by atoms with van der Waals surface area (Å²) in [6, 6.07) is 13.9. The molecule has 3 N–H and O–H groups in total. The van der Waals surface area contributed by atoms with E-state index < -0.39 is 10.1 Å². The molecule has 0 amide bonds. The van der Waals surface area contributed by atoms with Gasteiger partial charge in [-0.15, -0.1) is 0 Å². The van der Waals surface area contributed by atoms with Gasteiger partial charge in [0.25, 0.3) is 10.1 Å². The molecule has 0 spiro atoms. The van der Waals surface area contributed by atoms with Crippen molar-refractivity contribution in [3.8, 4) is 0 Å². The Morgan fingerprint density at radius 2 is 1.72 bits per heavy atom. The summed E-state index contributed by atoms with van der Waals surface area (Å²) >= 11 is 0. The van der Waals surface area contributed by atoms with Crippen LogP contribution < -0.4 is 5.73 Å².